The van der Waals surface area contributed by atoms with Gasteiger partial charge >= 0.3 is 6.18 Å². The van der Waals surface area contributed by atoms with Gasteiger partial charge in [-0.15, -0.1) is 10.2 Å². The SMILES string of the molecule is COc1cc(N(C)CCN(C)C)c(N)cc1Nc1nccc(-c2nnc(-c3cccc(C(F)(F)F)c3)s2)n1. The number of methoxy groups -OCH3 is 1. The quantitative estimate of drug-likeness (QED) is 0.281. The molecule has 3 N–H and O–H groups in total. The van der Waals surface area contributed by atoms with Crippen molar-refractivity contribution in [1.29, 1.82) is 0 Å². The van der Waals surface area contributed by atoms with Gasteiger partial charge in [-0.2, -0.15) is 13.2 Å². The van der Waals surface area contributed by atoms with Crippen LogP contribution in [0.2, 0.25) is 0 Å². The maximum Gasteiger partial charge on any atom is 0.416 e. The third-order valence-corrected chi connectivity index (χ3v) is 6.62. The Balaban J connectivity index is 1.56. The minimum atomic E-state index is -4.44. The molecule has 200 valence electrons. The summed E-state index contributed by atoms with van der Waals surface area (Å²) in [5.41, 5.74) is 8.35. The number of aromatic nitrogens is 4. The van der Waals surface area contributed by atoms with Gasteiger partial charge < -0.3 is 25.6 Å². The zero-order valence-electron chi connectivity index (χ0n) is 21.2. The maximum absolute atomic E-state index is 13.1. The third kappa shape index (κ3) is 6.29. The number of nitrogens with one attached hydrogen (secondary N) is 1. The number of ether oxygens (including phenoxy) is 1. The molecule has 0 fully saturated rings. The van der Waals surface area contributed by atoms with E-state index in [1.807, 2.05) is 27.2 Å². The second kappa shape index (κ2) is 11.2. The molecule has 13 heteroatoms. The number of alkyl halides is 3. The van der Waals surface area contributed by atoms with E-state index in [1.54, 1.807) is 31.5 Å². The number of rotatable bonds is 9. The molecule has 2 aromatic heterocycles. The molecule has 4 aromatic rings. The summed E-state index contributed by atoms with van der Waals surface area (Å²) in [5.74, 6) is 0.826. The molecule has 0 saturated carbocycles. The van der Waals surface area contributed by atoms with Gasteiger partial charge in [0, 0.05) is 38.0 Å². The fraction of sp³-hybridized carbons (Fsp3) is 0.280. The summed E-state index contributed by atoms with van der Waals surface area (Å²) in [6.45, 7) is 1.64. The molecule has 0 bridgehead atoms. The van der Waals surface area contributed by atoms with Crippen molar-refractivity contribution in [2.75, 3.05) is 57.3 Å². The van der Waals surface area contributed by atoms with Crippen LogP contribution in [0.5, 0.6) is 5.75 Å². The van der Waals surface area contributed by atoms with Crippen molar-refractivity contribution >= 4 is 34.3 Å². The fourth-order valence-corrected chi connectivity index (χ4v) is 4.39. The Morgan fingerprint density at radius 3 is 2.50 bits per heavy atom. The van der Waals surface area contributed by atoms with Gasteiger partial charge in [0.25, 0.3) is 0 Å². The number of hydrogen-bond acceptors (Lipinski definition) is 10. The number of anilines is 4. The van der Waals surface area contributed by atoms with Crippen LogP contribution in [-0.4, -0.2) is 66.4 Å². The Hall–Kier alpha value is -3.97. The lowest BCUT2D eigenvalue weighted by Crippen LogP contribution is -2.29. The first-order valence-electron chi connectivity index (χ1n) is 11.5. The van der Waals surface area contributed by atoms with Crippen molar-refractivity contribution in [3.8, 4) is 27.0 Å². The van der Waals surface area contributed by atoms with Crippen LogP contribution in [0.1, 0.15) is 5.56 Å². The lowest BCUT2D eigenvalue weighted by molar-refractivity contribution is -0.137. The largest absolute Gasteiger partial charge is 0.494 e. The van der Waals surface area contributed by atoms with Gasteiger partial charge in [-0.1, -0.05) is 23.5 Å². The van der Waals surface area contributed by atoms with Crippen molar-refractivity contribution in [1.82, 2.24) is 25.1 Å². The molecule has 0 saturated heterocycles. The Bertz CT molecular complexity index is 1410. The van der Waals surface area contributed by atoms with E-state index in [4.69, 9.17) is 10.5 Å². The average Bonchev–Trinajstić information content (AvgIpc) is 3.38. The van der Waals surface area contributed by atoms with Crippen LogP contribution in [0.15, 0.2) is 48.7 Å². The molecule has 2 heterocycles. The normalized spacial score (nSPS) is 11.6. The molecule has 0 radical (unpaired) electrons. The average molecular weight is 545 g/mol. The molecule has 9 nitrogen and oxygen atoms in total. The molecule has 0 aliphatic carbocycles. The number of nitrogens with two attached hydrogens (primary N) is 1. The van der Waals surface area contributed by atoms with Crippen LogP contribution in [-0.2, 0) is 6.18 Å². The van der Waals surface area contributed by atoms with E-state index in [2.05, 4.69) is 35.3 Å². The minimum Gasteiger partial charge on any atom is -0.494 e. The van der Waals surface area contributed by atoms with Gasteiger partial charge in [0.05, 0.1) is 29.7 Å². The van der Waals surface area contributed by atoms with Gasteiger partial charge in [0.2, 0.25) is 5.95 Å². The molecule has 0 spiro atoms. The Labute approximate surface area is 222 Å². The van der Waals surface area contributed by atoms with E-state index in [9.17, 15) is 13.2 Å². The van der Waals surface area contributed by atoms with Gasteiger partial charge in [-0.05, 0) is 38.4 Å². The van der Waals surface area contributed by atoms with E-state index in [0.717, 1.165) is 42.2 Å². The van der Waals surface area contributed by atoms with Gasteiger partial charge in [0.1, 0.15) is 16.5 Å². The standard InChI is InChI=1S/C25H27F3N8OS/c1-35(2)10-11-36(3)20-14-21(37-4)19(13-17(20)29)32-24-30-9-8-18(31-24)23-34-33-22(38-23)15-6-5-7-16(12-15)25(26,27)28/h5-9,12-14H,10-11,29H2,1-4H3,(H,30,31,32). The van der Waals surface area contributed by atoms with Crippen LogP contribution in [0.3, 0.4) is 0 Å². The molecule has 0 unspecified atom stereocenters. The van der Waals surface area contributed by atoms with Crippen molar-refractivity contribution in [2.45, 2.75) is 6.18 Å². The molecule has 4 rings (SSSR count). The Morgan fingerprint density at radius 2 is 1.79 bits per heavy atom. The zero-order valence-corrected chi connectivity index (χ0v) is 22.1. The molecular weight excluding hydrogens is 517 g/mol. The van der Waals surface area contributed by atoms with Crippen molar-refractivity contribution in [3.63, 3.8) is 0 Å². The summed E-state index contributed by atoms with van der Waals surface area (Å²) in [7, 11) is 7.54. The zero-order chi connectivity index (χ0) is 27.4. The molecular formula is C25H27F3N8OS. The second-order valence-electron chi connectivity index (χ2n) is 8.72. The van der Waals surface area contributed by atoms with E-state index in [0.29, 0.717) is 38.4 Å². The van der Waals surface area contributed by atoms with Crippen LogP contribution in [0, 0.1) is 0 Å². The first-order chi connectivity index (χ1) is 18.0. The van der Waals surface area contributed by atoms with E-state index < -0.39 is 11.7 Å². The summed E-state index contributed by atoms with van der Waals surface area (Å²) in [6.07, 6.45) is -2.89. The Morgan fingerprint density at radius 1 is 1.03 bits per heavy atom. The van der Waals surface area contributed by atoms with E-state index in [1.165, 1.54) is 6.07 Å². The highest BCUT2D eigenvalue weighted by atomic mass is 32.1. The predicted molar refractivity (Wildman–Crippen MR) is 144 cm³/mol. The highest BCUT2D eigenvalue weighted by Gasteiger charge is 2.30. The predicted octanol–water partition coefficient (Wildman–Crippen LogP) is 5.01. The maximum atomic E-state index is 13.1. The summed E-state index contributed by atoms with van der Waals surface area (Å²) >= 11 is 1.13. The summed E-state index contributed by atoms with van der Waals surface area (Å²) in [4.78, 5) is 12.9. The lowest BCUT2D eigenvalue weighted by Gasteiger charge is -2.24. The van der Waals surface area contributed by atoms with Crippen LogP contribution >= 0.6 is 11.3 Å². The van der Waals surface area contributed by atoms with Crippen LogP contribution in [0.25, 0.3) is 21.3 Å². The van der Waals surface area contributed by atoms with Crippen LogP contribution < -0.4 is 20.7 Å². The number of benzene rings is 2. The van der Waals surface area contributed by atoms with Gasteiger partial charge in [0.15, 0.2) is 5.01 Å². The highest BCUT2D eigenvalue weighted by Crippen LogP contribution is 2.37. The van der Waals surface area contributed by atoms with E-state index in [-0.39, 0.29) is 5.95 Å². The first kappa shape index (κ1) is 27.1. The Kier molecular flexibility index (Phi) is 7.97. The fourth-order valence-electron chi connectivity index (χ4n) is 3.58. The summed E-state index contributed by atoms with van der Waals surface area (Å²) in [5, 5.41) is 12.1. The number of nitrogen functional groups attached to an aromatic ring is 1. The summed E-state index contributed by atoms with van der Waals surface area (Å²) in [6, 6.07) is 10.2. The lowest BCUT2D eigenvalue weighted by atomic mass is 10.1. The van der Waals surface area contributed by atoms with Crippen molar-refractivity contribution < 1.29 is 17.9 Å². The van der Waals surface area contributed by atoms with Crippen molar-refractivity contribution in [3.05, 3.63) is 54.2 Å². The number of likely N-dealkylation sites (N-methyl/N-ethyl adjacent to an activating group) is 2. The number of hydrogen-bond donors (Lipinski definition) is 2. The third-order valence-electron chi connectivity index (χ3n) is 5.63. The first-order valence-corrected chi connectivity index (χ1v) is 12.3. The molecule has 38 heavy (non-hydrogen) atoms. The smallest absolute Gasteiger partial charge is 0.416 e. The van der Waals surface area contributed by atoms with Gasteiger partial charge in [-0.25, -0.2) is 9.97 Å². The minimum absolute atomic E-state index is 0.268. The van der Waals surface area contributed by atoms with Crippen molar-refractivity contribution in [2.24, 2.45) is 0 Å². The number of nitrogens with zero attached hydrogens (tertiary/aromatic N) is 6. The summed E-state index contributed by atoms with van der Waals surface area (Å²) < 4.78 is 44.9. The monoisotopic (exact) mass is 544 g/mol. The van der Waals surface area contributed by atoms with E-state index >= 15 is 0 Å². The van der Waals surface area contributed by atoms with Crippen LogP contribution in [0.4, 0.5) is 36.2 Å². The topological polar surface area (TPSA) is 105 Å². The van der Waals surface area contributed by atoms with Gasteiger partial charge in [-0.3, -0.25) is 0 Å². The molecule has 0 aliphatic heterocycles. The highest BCUT2D eigenvalue weighted by molar-refractivity contribution is 7.17. The molecule has 2 aromatic carbocycles. The number of halogens is 3. The second-order valence-corrected chi connectivity index (χ2v) is 9.70. The molecule has 0 aliphatic rings. The molecule has 0 amide bonds. The molecule has 0 atom stereocenters.